The molecule has 0 bridgehead atoms. The van der Waals surface area contributed by atoms with Gasteiger partial charge in [0.25, 0.3) is 0 Å². The summed E-state index contributed by atoms with van der Waals surface area (Å²) in [6.45, 7) is 2.63. The first-order chi connectivity index (χ1) is 5.00. The molecule has 0 aliphatic carbocycles. The van der Waals surface area contributed by atoms with Gasteiger partial charge in [-0.1, -0.05) is 0 Å². The lowest BCUT2D eigenvalue weighted by atomic mass is 10.1. The van der Waals surface area contributed by atoms with Gasteiger partial charge in [-0.25, -0.2) is 9.59 Å². The van der Waals surface area contributed by atoms with Gasteiger partial charge in [-0.2, -0.15) is 5.90 Å². The summed E-state index contributed by atoms with van der Waals surface area (Å²) >= 11 is 0. The summed E-state index contributed by atoms with van der Waals surface area (Å²) in [5.41, 5.74) is -0.0690. The lowest BCUT2D eigenvalue weighted by Crippen LogP contribution is -2.14. The van der Waals surface area contributed by atoms with Crippen LogP contribution < -0.4 is 5.90 Å². The summed E-state index contributed by atoms with van der Waals surface area (Å²) in [6, 6.07) is 0. The Bertz CT molecular complexity index is 219. The molecule has 0 aromatic rings. The van der Waals surface area contributed by atoms with Crippen molar-refractivity contribution in [1.82, 2.24) is 0 Å². The van der Waals surface area contributed by atoms with Crippen LogP contribution in [0.3, 0.4) is 0 Å². The zero-order chi connectivity index (χ0) is 9.02. The van der Waals surface area contributed by atoms with Crippen LogP contribution in [0.5, 0.6) is 0 Å². The fourth-order valence-electron chi connectivity index (χ4n) is 0.402. The summed E-state index contributed by atoms with van der Waals surface area (Å²) in [5, 5.41) is 8.39. The topological polar surface area (TPSA) is 89.6 Å². The van der Waals surface area contributed by atoms with E-state index in [1.54, 1.807) is 0 Å². The second-order valence-electron chi connectivity index (χ2n) is 1.96. The molecule has 0 unspecified atom stereocenters. The van der Waals surface area contributed by atoms with Gasteiger partial charge in [0.2, 0.25) is 0 Å². The van der Waals surface area contributed by atoms with Gasteiger partial charge in [-0.05, 0) is 13.8 Å². The van der Waals surface area contributed by atoms with Crippen molar-refractivity contribution >= 4 is 11.9 Å². The first kappa shape index (κ1) is 9.64. The molecule has 0 saturated carbocycles. The van der Waals surface area contributed by atoms with Crippen molar-refractivity contribution in [2.75, 3.05) is 0 Å². The van der Waals surface area contributed by atoms with E-state index in [2.05, 4.69) is 10.7 Å². The summed E-state index contributed by atoms with van der Waals surface area (Å²) in [5.74, 6) is 2.55. The molecular weight excluding hydrogens is 150 g/mol. The Hall–Kier alpha value is -1.36. The van der Waals surface area contributed by atoms with E-state index in [-0.39, 0.29) is 11.1 Å². The molecule has 5 heteroatoms. The highest BCUT2D eigenvalue weighted by Crippen LogP contribution is 2.03. The van der Waals surface area contributed by atoms with Crippen molar-refractivity contribution < 1.29 is 19.5 Å². The number of nitrogens with two attached hydrogens (primary N) is 1. The molecule has 5 nitrogen and oxygen atoms in total. The number of carboxylic acid groups (broad SMARTS) is 1. The van der Waals surface area contributed by atoms with Crippen molar-refractivity contribution in [2.24, 2.45) is 5.90 Å². The number of carbonyl (C=O) groups is 2. The molecule has 0 aliphatic rings. The van der Waals surface area contributed by atoms with Crippen LogP contribution in [0, 0.1) is 0 Å². The molecule has 0 radical (unpaired) electrons. The summed E-state index contributed by atoms with van der Waals surface area (Å²) in [4.78, 5) is 24.7. The molecule has 0 saturated heterocycles. The average molecular weight is 159 g/mol. The maximum absolute atomic E-state index is 10.6. The standard InChI is InChI=1S/C6H9NO4/c1-3(5(8)9)4(2)6(10)11-7/h7H2,1-2H3,(H,8,9). The van der Waals surface area contributed by atoms with Gasteiger partial charge in [-0.15, -0.1) is 0 Å². The second kappa shape index (κ2) is 3.72. The molecule has 0 atom stereocenters. The maximum atomic E-state index is 10.6. The Morgan fingerprint density at radius 3 is 2.00 bits per heavy atom. The highest BCUT2D eigenvalue weighted by Gasteiger charge is 2.12. The van der Waals surface area contributed by atoms with E-state index < -0.39 is 11.9 Å². The zero-order valence-corrected chi connectivity index (χ0v) is 6.25. The lowest BCUT2D eigenvalue weighted by Gasteiger charge is -1.99. The number of hydrogen-bond donors (Lipinski definition) is 2. The van der Waals surface area contributed by atoms with Crippen molar-refractivity contribution in [3.05, 3.63) is 11.1 Å². The fourth-order valence-corrected chi connectivity index (χ4v) is 0.402. The van der Waals surface area contributed by atoms with Gasteiger partial charge < -0.3 is 9.94 Å². The van der Waals surface area contributed by atoms with Crippen molar-refractivity contribution in [2.45, 2.75) is 13.8 Å². The highest BCUT2D eigenvalue weighted by atomic mass is 16.7. The second-order valence-corrected chi connectivity index (χ2v) is 1.96. The lowest BCUT2D eigenvalue weighted by molar-refractivity contribution is -0.140. The minimum atomic E-state index is -1.16. The number of carbonyl (C=O) groups excluding carboxylic acids is 1. The maximum Gasteiger partial charge on any atom is 0.352 e. The van der Waals surface area contributed by atoms with Crippen LogP contribution >= 0.6 is 0 Å². The summed E-state index contributed by atoms with van der Waals surface area (Å²) in [7, 11) is 0. The smallest absolute Gasteiger partial charge is 0.352 e. The Balaban J connectivity index is 4.66. The monoisotopic (exact) mass is 159 g/mol. The van der Waals surface area contributed by atoms with Crippen LogP contribution in [0.15, 0.2) is 11.1 Å². The van der Waals surface area contributed by atoms with Crippen LogP contribution in [0.2, 0.25) is 0 Å². The summed E-state index contributed by atoms with van der Waals surface area (Å²) < 4.78 is 0. The van der Waals surface area contributed by atoms with Gasteiger partial charge in [0, 0.05) is 11.1 Å². The SMILES string of the molecule is CC(C(=O)O)=C(C)C(=O)ON. The third kappa shape index (κ3) is 2.38. The van der Waals surface area contributed by atoms with Gasteiger partial charge >= 0.3 is 11.9 Å². The van der Waals surface area contributed by atoms with E-state index in [4.69, 9.17) is 5.11 Å². The number of carboxylic acids is 1. The Morgan fingerprint density at radius 1 is 1.27 bits per heavy atom. The number of aliphatic carboxylic acids is 1. The van der Waals surface area contributed by atoms with E-state index in [1.165, 1.54) is 13.8 Å². The van der Waals surface area contributed by atoms with E-state index in [0.29, 0.717) is 0 Å². The quantitative estimate of drug-likeness (QED) is 0.431. The molecule has 0 amide bonds. The number of rotatable bonds is 2. The van der Waals surface area contributed by atoms with Crippen molar-refractivity contribution in [1.29, 1.82) is 0 Å². The fraction of sp³-hybridized carbons (Fsp3) is 0.333. The first-order valence-electron chi connectivity index (χ1n) is 2.82. The first-order valence-corrected chi connectivity index (χ1v) is 2.82. The van der Waals surface area contributed by atoms with Crippen molar-refractivity contribution in [3.8, 4) is 0 Å². The molecule has 0 aromatic heterocycles. The van der Waals surface area contributed by atoms with E-state index >= 15 is 0 Å². The van der Waals surface area contributed by atoms with Gasteiger partial charge in [0.15, 0.2) is 0 Å². The van der Waals surface area contributed by atoms with Gasteiger partial charge in [0.05, 0.1) is 0 Å². The molecule has 0 aliphatic heterocycles. The Labute approximate surface area is 63.4 Å². The zero-order valence-electron chi connectivity index (χ0n) is 6.25. The minimum Gasteiger partial charge on any atom is -0.478 e. The van der Waals surface area contributed by atoms with Crippen LogP contribution in [0.1, 0.15) is 13.8 Å². The molecule has 0 rings (SSSR count). The normalized spacial score (nSPS) is 11.9. The molecular formula is C6H9NO4. The van der Waals surface area contributed by atoms with E-state index in [0.717, 1.165) is 0 Å². The molecule has 0 spiro atoms. The Kier molecular flexibility index (Phi) is 3.26. The molecule has 62 valence electrons. The largest absolute Gasteiger partial charge is 0.478 e. The molecule has 0 aromatic carbocycles. The highest BCUT2D eigenvalue weighted by molar-refractivity contribution is 5.98. The molecule has 0 fully saturated rings. The van der Waals surface area contributed by atoms with Gasteiger partial charge in [-0.3, -0.25) is 0 Å². The molecule has 11 heavy (non-hydrogen) atoms. The predicted octanol–water partition coefficient (Wildman–Crippen LogP) is -0.176. The van der Waals surface area contributed by atoms with E-state index in [1.807, 2.05) is 0 Å². The minimum absolute atomic E-state index is 0.000000000000000222. The van der Waals surface area contributed by atoms with Crippen molar-refractivity contribution in [3.63, 3.8) is 0 Å². The predicted molar refractivity (Wildman–Crippen MR) is 36.3 cm³/mol. The number of hydrogen-bond acceptors (Lipinski definition) is 4. The van der Waals surface area contributed by atoms with Crippen LogP contribution in [-0.4, -0.2) is 17.0 Å². The van der Waals surface area contributed by atoms with Crippen LogP contribution in [0.4, 0.5) is 0 Å². The molecule has 3 N–H and O–H groups in total. The van der Waals surface area contributed by atoms with E-state index in [9.17, 15) is 9.59 Å². The summed E-state index contributed by atoms with van der Waals surface area (Å²) in [6.07, 6.45) is 0. The van der Waals surface area contributed by atoms with Crippen LogP contribution in [0.25, 0.3) is 0 Å². The average Bonchev–Trinajstić information content (AvgIpc) is 2.00. The third-order valence-electron chi connectivity index (χ3n) is 1.30. The Morgan fingerprint density at radius 2 is 1.73 bits per heavy atom. The third-order valence-corrected chi connectivity index (χ3v) is 1.30. The van der Waals surface area contributed by atoms with Gasteiger partial charge in [0.1, 0.15) is 0 Å². The molecule has 0 heterocycles. The van der Waals surface area contributed by atoms with Crippen LogP contribution in [-0.2, 0) is 14.4 Å².